The van der Waals surface area contributed by atoms with Crippen molar-refractivity contribution in [1.29, 1.82) is 0 Å². The Hall–Kier alpha value is -1.16. The normalized spacial score (nSPS) is 28.7. The van der Waals surface area contributed by atoms with Gasteiger partial charge in [0.15, 0.2) is 0 Å². The molecule has 0 N–H and O–H groups in total. The molecule has 98 valence electrons. The zero-order chi connectivity index (χ0) is 12.7. The number of fused-ring (bicyclic) bond motifs is 2. The highest BCUT2D eigenvalue weighted by Crippen LogP contribution is 2.34. The predicted molar refractivity (Wildman–Crippen MR) is 67.2 cm³/mol. The average molecular weight is 248 g/mol. The Balaban J connectivity index is 1.82. The van der Waals surface area contributed by atoms with Crippen LogP contribution in [0.15, 0.2) is 4.52 Å². The van der Waals surface area contributed by atoms with Gasteiger partial charge in [-0.15, -0.1) is 0 Å². The van der Waals surface area contributed by atoms with Gasteiger partial charge in [-0.1, -0.05) is 11.6 Å². The SMILES string of the molecule is Cc1noc(C)c1CN1C2CCCC1CC(=O)C2. The molecule has 0 spiro atoms. The van der Waals surface area contributed by atoms with E-state index in [0.29, 0.717) is 17.9 Å². The van der Waals surface area contributed by atoms with E-state index in [1.807, 2.05) is 13.8 Å². The quantitative estimate of drug-likeness (QED) is 0.806. The number of carbonyl (C=O) groups excluding carboxylic acids is 1. The molecule has 2 unspecified atom stereocenters. The maximum Gasteiger partial charge on any atom is 0.138 e. The summed E-state index contributed by atoms with van der Waals surface area (Å²) < 4.78 is 5.24. The molecule has 1 aromatic heterocycles. The van der Waals surface area contributed by atoms with Crippen LogP contribution in [0.5, 0.6) is 0 Å². The summed E-state index contributed by atoms with van der Waals surface area (Å²) in [4.78, 5) is 14.2. The highest BCUT2D eigenvalue weighted by molar-refractivity contribution is 5.80. The summed E-state index contributed by atoms with van der Waals surface area (Å²) in [6, 6.07) is 0.886. The molecule has 3 heterocycles. The molecule has 2 fully saturated rings. The molecule has 3 rings (SSSR count). The summed E-state index contributed by atoms with van der Waals surface area (Å²) in [6.45, 7) is 4.86. The van der Waals surface area contributed by atoms with Crippen LogP contribution in [0.3, 0.4) is 0 Å². The fourth-order valence-corrected chi connectivity index (χ4v) is 3.43. The predicted octanol–water partition coefficient (Wildman–Crippen LogP) is 2.38. The molecule has 2 aliphatic rings. The van der Waals surface area contributed by atoms with Gasteiger partial charge in [0.25, 0.3) is 0 Å². The zero-order valence-electron chi connectivity index (χ0n) is 11.1. The second kappa shape index (κ2) is 4.50. The highest BCUT2D eigenvalue weighted by Gasteiger charge is 2.37. The molecule has 0 radical (unpaired) electrons. The number of nitrogens with zero attached hydrogens (tertiary/aromatic N) is 2. The van der Waals surface area contributed by atoms with Crippen molar-refractivity contribution in [2.75, 3.05) is 0 Å². The van der Waals surface area contributed by atoms with Crippen LogP contribution in [0, 0.1) is 13.8 Å². The molecule has 0 aliphatic carbocycles. The van der Waals surface area contributed by atoms with Crippen molar-refractivity contribution in [3.05, 3.63) is 17.0 Å². The first-order valence-electron chi connectivity index (χ1n) is 6.84. The molecule has 0 saturated carbocycles. The topological polar surface area (TPSA) is 46.3 Å². The van der Waals surface area contributed by atoms with Gasteiger partial charge in [0, 0.05) is 37.0 Å². The Bertz CT molecular complexity index is 431. The Morgan fingerprint density at radius 1 is 1.28 bits per heavy atom. The molecule has 18 heavy (non-hydrogen) atoms. The summed E-state index contributed by atoms with van der Waals surface area (Å²) in [5.74, 6) is 1.36. The third-order valence-electron chi connectivity index (χ3n) is 4.46. The lowest BCUT2D eigenvalue weighted by Gasteiger charge is -2.45. The Morgan fingerprint density at radius 3 is 2.50 bits per heavy atom. The molecule has 2 saturated heterocycles. The van der Waals surface area contributed by atoms with Crippen molar-refractivity contribution in [3.8, 4) is 0 Å². The van der Waals surface area contributed by atoms with Gasteiger partial charge in [-0.25, -0.2) is 0 Å². The number of aromatic nitrogens is 1. The van der Waals surface area contributed by atoms with E-state index in [4.69, 9.17) is 4.52 Å². The standard InChI is InChI=1S/C14H20N2O2/c1-9-14(10(2)18-15-9)8-16-11-4-3-5-12(16)7-13(17)6-11/h11-12H,3-8H2,1-2H3. The third-order valence-corrected chi connectivity index (χ3v) is 4.46. The van der Waals surface area contributed by atoms with Crippen molar-refractivity contribution in [1.82, 2.24) is 10.1 Å². The minimum atomic E-state index is 0.443. The lowest BCUT2D eigenvalue weighted by molar-refractivity contribution is -0.127. The van der Waals surface area contributed by atoms with Crippen molar-refractivity contribution in [3.63, 3.8) is 0 Å². The lowest BCUT2D eigenvalue weighted by Crippen LogP contribution is -2.51. The van der Waals surface area contributed by atoms with Crippen LogP contribution in [-0.4, -0.2) is 27.9 Å². The van der Waals surface area contributed by atoms with Crippen LogP contribution in [0.1, 0.15) is 49.1 Å². The van der Waals surface area contributed by atoms with Crippen LogP contribution in [-0.2, 0) is 11.3 Å². The van der Waals surface area contributed by atoms with Crippen LogP contribution in [0.25, 0.3) is 0 Å². The van der Waals surface area contributed by atoms with Crippen LogP contribution >= 0.6 is 0 Å². The molecule has 4 nitrogen and oxygen atoms in total. The van der Waals surface area contributed by atoms with E-state index in [2.05, 4.69) is 10.1 Å². The van der Waals surface area contributed by atoms with Crippen molar-refractivity contribution < 1.29 is 9.32 Å². The van der Waals surface area contributed by atoms with Gasteiger partial charge in [0.2, 0.25) is 0 Å². The van der Waals surface area contributed by atoms with Gasteiger partial charge in [-0.2, -0.15) is 0 Å². The molecule has 0 amide bonds. The van der Waals surface area contributed by atoms with Crippen LogP contribution < -0.4 is 0 Å². The number of hydrogen-bond acceptors (Lipinski definition) is 4. The summed E-state index contributed by atoms with van der Waals surface area (Å²) in [5, 5.41) is 4.02. The van der Waals surface area contributed by atoms with Gasteiger partial charge in [0.05, 0.1) is 5.69 Å². The average Bonchev–Trinajstić information content (AvgIpc) is 2.62. The second-order valence-electron chi connectivity index (χ2n) is 5.66. The second-order valence-corrected chi connectivity index (χ2v) is 5.66. The van der Waals surface area contributed by atoms with Gasteiger partial charge in [-0.05, 0) is 26.7 Å². The zero-order valence-corrected chi connectivity index (χ0v) is 11.1. The maximum absolute atomic E-state index is 11.7. The minimum Gasteiger partial charge on any atom is -0.361 e. The first-order chi connectivity index (χ1) is 8.65. The van der Waals surface area contributed by atoms with E-state index in [0.717, 1.165) is 43.7 Å². The van der Waals surface area contributed by atoms with Gasteiger partial charge in [-0.3, -0.25) is 9.69 Å². The minimum absolute atomic E-state index is 0.443. The largest absolute Gasteiger partial charge is 0.361 e. The number of aryl methyl sites for hydroxylation is 2. The smallest absolute Gasteiger partial charge is 0.138 e. The monoisotopic (exact) mass is 248 g/mol. The third kappa shape index (κ3) is 1.99. The molecule has 4 heteroatoms. The molecular formula is C14H20N2O2. The van der Waals surface area contributed by atoms with E-state index >= 15 is 0 Å². The van der Waals surface area contributed by atoms with E-state index in [9.17, 15) is 4.79 Å². The number of Topliss-reactive ketones (excluding diaryl/α,β-unsaturated/α-hetero) is 1. The number of ketones is 1. The Morgan fingerprint density at radius 2 is 1.94 bits per heavy atom. The Kier molecular flexibility index (Phi) is 2.98. The van der Waals surface area contributed by atoms with E-state index in [-0.39, 0.29) is 0 Å². The van der Waals surface area contributed by atoms with Gasteiger partial charge >= 0.3 is 0 Å². The summed E-state index contributed by atoms with van der Waals surface area (Å²) in [7, 11) is 0. The van der Waals surface area contributed by atoms with E-state index in [1.54, 1.807) is 0 Å². The van der Waals surface area contributed by atoms with Crippen molar-refractivity contribution in [2.45, 2.75) is 64.6 Å². The van der Waals surface area contributed by atoms with Gasteiger partial charge in [0.1, 0.15) is 11.5 Å². The fourth-order valence-electron chi connectivity index (χ4n) is 3.43. The van der Waals surface area contributed by atoms with Crippen LogP contribution in [0.2, 0.25) is 0 Å². The van der Waals surface area contributed by atoms with Crippen molar-refractivity contribution in [2.24, 2.45) is 0 Å². The lowest BCUT2D eigenvalue weighted by atomic mass is 9.83. The molecule has 2 aliphatic heterocycles. The van der Waals surface area contributed by atoms with Crippen molar-refractivity contribution >= 4 is 5.78 Å². The molecule has 2 bridgehead atoms. The number of carbonyl (C=O) groups is 1. The number of hydrogen-bond donors (Lipinski definition) is 0. The molecule has 1 aromatic rings. The fraction of sp³-hybridized carbons (Fsp3) is 0.714. The summed E-state index contributed by atoms with van der Waals surface area (Å²) in [6.07, 6.45) is 5.05. The molecule has 0 aromatic carbocycles. The summed E-state index contributed by atoms with van der Waals surface area (Å²) in [5.41, 5.74) is 2.20. The van der Waals surface area contributed by atoms with E-state index in [1.165, 1.54) is 12.0 Å². The highest BCUT2D eigenvalue weighted by atomic mass is 16.5. The molecular weight excluding hydrogens is 228 g/mol. The Labute approximate surface area is 107 Å². The van der Waals surface area contributed by atoms with E-state index < -0.39 is 0 Å². The first kappa shape index (κ1) is 11.9. The van der Waals surface area contributed by atoms with Gasteiger partial charge < -0.3 is 4.52 Å². The summed E-state index contributed by atoms with van der Waals surface area (Å²) >= 11 is 0. The maximum atomic E-state index is 11.7. The first-order valence-corrected chi connectivity index (χ1v) is 6.84. The van der Waals surface area contributed by atoms with Crippen LogP contribution in [0.4, 0.5) is 0 Å². The number of rotatable bonds is 2. The number of piperidine rings is 2. The molecule has 2 atom stereocenters.